The quantitative estimate of drug-likeness (QED) is 0.560. The number of halogens is 2. The second-order valence-electron chi connectivity index (χ2n) is 5.60. The van der Waals surface area contributed by atoms with Crippen molar-refractivity contribution >= 4 is 53.5 Å². The molecule has 0 aliphatic carbocycles. The van der Waals surface area contributed by atoms with Crippen LogP contribution in [0.1, 0.15) is 20.3 Å². The molecule has 140 valence electrons. The minimum absolute atomic E-state index is 0.0135. The first-order valence-electron chi connectivity index (χ1n) is 7.86. The van der Waals surface area contributed by atoms with E-state index in [0.717, 1.165) is 0 Å². The molecule has 6 nitrogen and oxygen atoms in total. The van der Waals surface area contributed by atoms with Crippen molar-refractivity contribution in [2.24, 2.45) is 0 Å². The zero-order valence-corrected chi connectivity index (χ0v) is 16.6. The normalized spacial score (nSPS) is 14.3. The third-order valence-electron chi connectivity index (χ3n) is 3.47. The van der Waals surface area contributed by atoms with Gasteiger partial charge in [0.15, 0.2) is 0 Å². The monoisotopic (exact) mass is 416 g/mol. The lowest BCUT2D eigenvalue weighted by Gasteiger charge is -2.19. The van der Waals surface area contributed by atoms with Gasteiger partial charge >= 0.3 is 13.6 Å². The summed E-state index contributed by atoms with van der Waals surface area (Å²) >= 11 is 11.8. The molecule has 0 aromatic heterocycles. The van der Waals surface area contributed by atoms with E-state index in [1.165, 1.54) is 30.3 Å². The highest BCUT2D eigenvalue weighted by Gasteiger charge is 2.28. The number of urea groups is 1. The standard InChI is InChI=1S/C17H19Cl2N2O4P/c1-3-11(2)25-26(23,24)16-7-5-4-6-15(16)21-17(22)20-14-9-12(18)8-13(19)10-14/h4-11H,3H2,1-2H3,(H,23,24)(H2,20,21,22). The van der Waals surface area contributed by atoms with Crippen molar-refractivity contribution in [1.82, 2.24) is 0 Å². The zero-order chi connectivity index (χ0) is 19.3. The number of para-hydroxylation sites is 1. The summed E-state index contributed by atoms with van der Waals surface area (Å²) in [6, 6.07) is 10.2. The lowest BCUT2D eigenvalue weighted by Crippen LogP contribution is -2.24. The molecule has 0 fully saturated rings. The molecule has 0 aliphatic rings. The summed E-state index contributed by atoms with van der Waals surface area (Å²) in [4.78, 5) is 22.5. The van der Waals surface area contributed by atoms with E-state index in [4.69, 9.17) is 27.7 Å². The predicted octanol–water partition coefficient (Wildman–Crippen LogP) is 5.26. The van der Waals surface area contributed by atoms with Crippen LogP contribution in [-0.2, 0) is 9.09 Å². The largest absolute Gasteiger partial charge is 0.361 e. The molecular formula is C17H19Cl2N2O4P. The minimum Gasteiger partial charge on any atom is -0.321 e. The van der Waals surface area contributed by atoms with Crippen LogP contribution in [0, 0.1) is 0 Å². The van der Waals surface area contributed by atoms with Gasteiger partial charge in [0.05, 0.1) is 17.1 Å². The lowest BCUT2D eigenvalue weighted by molar-refractivity contribution is 0.192. The third-order valence-corrected chi connectivity index (χ3v) is 5.56. The van der Waals surface area contributed by atoms with Crippen molar-refractivity contribution < 1.29 is 18.8 Å². The Morgan fingerprint density at radius 2 is 1.81 bits per heavy atom. The molecule has 0 radical (unpaired) electrons. The second-order valence-corrected chi connectivity index (χ2v) is 8.21. The van der Waals surface area contributed by atoms with Gasteiger partial charge in [0.2, 0.25) is 0 Å². The Morgan fingerprint density at radius 1 is 1.19 bits per heavy atom. The summed E-state index contributed by atoms with van der Waals surface area (Å²) in [6.07, 6.45) is 0.178. The molecule has 0 spiro atoms. The molecule has 2 unspecified atom stereocenters. The average Bonchev–Trinajstić information content (AvgIpc) is 2.53. The van der Waals surface area contributed by atoms with Crippen molar-refractivity contribution in [2.45, 2.75) is 26.4 Å². The Balaban J connectivity index is 2.19. The maximum absolute atomic E-state index is 12.6. The molecule has 9 heteroatoms. The highest BCUT2D eigenvalue weighted by molar-refractivity contribution is 7.61. The first kappa shape index (κ1) is 20.7. The molecule has 2 atom stereocenters. The van der Waals surface area contributed by atoms with Crippen LogP contribution in [0.25, 0.3) is 0 Å². The van der Waals surface area contributed by atoms with Gasteiger partial charge in [-0.05, 0) is 43.7 Å². The van der Waals surface area contributed by atoms with Gasteiger partial charge in [0.25, 0.3) is 0 Å². The fourth-order valence-corrected chi connectivity index (χ4v) is 4.10. The Hall–Kier alpha value is -1.56. The molecule has 2 aromatic rings. The Bertz CT molecular complexity index is 827. The Labute approximate surface area is 162 Å². The summed E-state index contributed by atoms with van der Waals surface area (Å²) in [7, 11) is -4.09. The molecule has 0 saturated heterocycles. The summed E-state index contributed by atoms with van der Waals surface area (Å²) in [5.41, 5.74) is 0.563. The average molecular weight is 417 g/mol. The van der Waals surface area contributed by atoms with E-state index in [2.05, 4.69) is 10.6 Å². The molecule has 3 N–H and O–H groups in total. The van der Waals surface area contributed by atoms with Gasteiger partial charge in [-0.3, -0.25) is 4.57 Å². The van der Waals surface area contributed by atoms with Gasteiger partial charge in [-0.25, -0.2) is 4.79 Å². The maximum atomic E-state index is 12.6. The molecule has 2 amide bonds. The van der Waals surface area contributed by atoms with Gasteiger partial charge in [0, 0.05) is 15.7 Å². The second kappa shape index (κ2) is 8.89. The van der Waals surface area contributed by atoms with Crippen LogP contribution in [0.3, 0.4) is 0 Å². The Morgan fingerprint density at radius 3 is 2.42 bits per heavy atom. The summed E-state index contributed by atoms with van der Waals surface area (Å²) in [5, 5.41) is 5.87. The molecule has 2 aromatic carbocycles. The summed E-state index contributed by atoms with van der Waals surface area (Å²) in [5.74, 6) is 0. The van der Waals surface area contributed by atoms with Crippen molar-refractivity contribution in [3.05, 3.63) is 52.5 Å². The SMILES string of the molecule is CCC(C)OP(=O)(O)c1ccccc1NC(=O)Nc1cc(Cl)cc(Cl)c1. The van der Waals surface area contributed by atoms with E-state index in [-0.39, 0.29) is 11.0 Å². The number of benzene rings is 2. The number of anilines is 2. The minimum atomic E-state index is -4.09. The number of carbonyl (C=O) groups is 1. The van der Waals surface area contributed by atoms with E-state index >= 15 is 0 Å². The van der Waals surface area contributed by atoms with E-state index in [9.17, 15) is 14.3 Å². The van der Waals surface area contributed by atoms with Gasteiger partial charge in [-0.1, -0.05) is 42.3 Å². The third kappa shape index (κ3) is 5.73. The van der Waals surface area contributed by atoms with Crippen LogP contribution in [-0.4, -0.2) is 17.0 Å². The van der Waals surface area contributed by atoms with Gasteiger partial charge in [0.1, 0.15) is 0 Å². The van der Waals surface area contributed by atoms with Gasteiger partial charge in [-0.2, -0.15) is 0 Å². The first-order chi connectivity index (χ1) is 12.2. The van der Waals surface area contributed by atoms with Gasteiger partial charge in [-0.15, -0.1) is 0 Å². The molecule has 26 heavy (non-hydrogen) atoms. The van der Waals surface area contributed by atoms with E-state index in [0.29, 0.717) is 22.2 Å². The van der Waals surface area contributed by atoms with Crippen molar-refractivity contribution in [1.29, 1.82) is 0 Å². The van der Waals surface area contributed by atoms with Crippen LogP contribution >= 0.6 is 30.8 Å². The van der Waals surface area contributed by atoms with Crippen molar-refractivity contribution in [3.63, 3.8) is 0 Å². The summed E-state index contributed by atoms with van der Waals surface area (Å²) < 4.78 is 17.8. The van der Waals surface area contributed by atoms with Gasteiger partial charge < -0.3 is 20.1 Å². The smallest absolute Gasteiger partial charge is 0.321 e. The summed E-state index contributed by atoms with van der Waals surface area (Å²) in [6.45, 7) is 3.55. The molecule has 0 saturated carbocycles. The van der Waals surface area contributed by atoms with E-state index in [1.807, 2.05) is 6.92 Å². The molecule has 0 heterocycles. The zero-order valence-electron chi connectivity index (χ0n) is 14.2. The number of carbonyl (C=O) groups excluding carboxylic acids is 1. The number of nitrogens with one attached hydrogen (secondary N) is 2. The van der Waals surface area contributed by atoms with Crippen LogP contribution in [0.5, 0.6) is 0 Å². The van der Waals surface area contributed by atoms with Crippen LogP contribution in [0.2, 0.25) is 10.0 Å². The fourth-order valence-electron chi connectivity index (χ4n) is 2.11. The highest BCUT2D eigenvalue weighted by Crippen LogP contribution is 2.44. The van der Waals surface area contributed by atoms with E-state index in [1.54, 1.807) is 19.1 Å². The molecular weight excluding hydrogens is 398 g/mol. The van der Waals surface area contributed by atoms with Crippen LogP contribution < -0.4 is 15.9 Å². The molecule has 0 bridgehead atoms. The van der Waals surface area contributed by atoms with E-state index < -0.39 is 19.7 Å². The van der Waals surface area contributed by atoms with Crippen LogP contribution in [0.15, 0.2) is 42.5 Å². The molecule has 2 rings (SSSR count). The highest BCUT2D eigenvalue weighted by atomic mass is 35.5. The predicted molar refractivity (Wildman–Crippen MR) is 106 cm³/mol. The van der Waals surface area contributed by atoms with Crippen molar-refractivity contribution in [3.8, 4) is 0 Å². The molecule has 0 aliphatic heterocycles. The first-order valence-corrected chi connectivity index (χ1v) is 10.2. The van der Waals surface area contributed by atoms with Crippen LogP contribution in [0.4, 0.5) is 16.2 Å². The lowest BCUT2D eigenvalue weighted by atomic mass is 10.3. The topological polar surface area (TPSA) is 87.7 Å². The Kier molecular flexibility index (Phi) is 7.09. The maximum Gasteiger partial charge on any atom is 0.361 e. The number of hydrogen-bond acceptors (Lipinski definition) is 3. The number of hydrogen-bond donors (Lipinski definition) is 3. The fraction of sp³-hybridized carbons (Fsp3) is 0.235. The number of rotatable bonds is 6. The van der Waals surface area contributed by atoms with Crippen molar-refractivity contribution in [2.75, 3.05) is 10.6 Å². The number of amides is 2.